The fraction of sp³-hybridized carbons (Fsp3) is 0.824. The summed E-state index contributed by atoms with van der Waals surface area (Å²) in [5, 5.41) is 0. The van der Waals surface area contributed by atoms with Crippen molar-refractivity contribution in [2.45, 2.75) is 58.3 Å². The highest BCUT2D eigenvalue weighted by molar-refractivity contribution is 5.74. The van der Waals surface area contributed by atoms with Gasteiger partial charge in [0.1, 0.15) is 6.61 Å². The van der Waals surface area contributed by atoms with Crippen LogP contribution in [0, 0.1) is 23.2 Å². The van der Waals surface area contributed by atoms with Crippen LogP contribution in [0.2, 0.25) is 0 Å². The molecule has 1 heterocycles. The van der Waals surface area contributed by atoms with Gasteiger partial charge in [-0.15, -0.1) is 0 Å². The van der Waals surface area contributed by atoms with Crippen molar-refractivity contribution in [2.24, 2.45) is 23.2 Å². The van der Waals surface area contributed by atoms with E-state index in [1.54, 1.807) is 0 Å². The standard InChI is InChI=1S/C17H24O2/c1-17-7-2-3-15(17)13-5-4-11-9-16(18)19-10-14(11)12(13)6-8-17/h12-13,15H,2-10H2,1H3/t12-,13+,15-,17-/m0/s1. The van der Waals surface area contributed by atoms with Gasteiger partial charge < -0.3 is 4.74 Å². The Hall–Kier alpha value is -0.790. The van der Waals surface area contributed by atoms with Crippen molar-refractivity contribution in [3.05, 3.63) is 11.1 Å². The molecule has 4 atom stereocenters. The molecule has 0 amide bonds. The fourth-order valence-electron chi connectivity index (χ4n) is 5.67. The molecule has 2 nitrogen and oxygen atoms in total. The molecule has 19 heavy (non-hydrogen) atoms. The summed E-state index contributed by atoms with van der Waals surface area (Å²) >= 11 is 0. The summed E-state index contributed by atoms with van der Waals surface area (Å²) in [5.74, 6) is 2.57. The van der Waals surface area contributed by atoms with Gasteiger partial charge in [-0.1, -0.05) is 18.9 Å². The van der Waals surface area contributed by atoms with Crippen LogP contribution in [0.4, 0.5) is 0 Å². The van der Waals surface area contributed by atoms with Crippen LogP contribution < -0.4 is 0 Å². The number of hydrogen-bond donors (Lipinski definition) is 0. The molecule has 4 aliphatic rings. The van der Waals surface area contributed by atoms with Gasteiger partial charge in [0.2, 0.25) is 0 Å². The lowest BCUT2D eigenvalue weighted by molar-refractivity contribution is -0.143. The number of esters is 1. The lowest BCUT2D eigenvalue weighted by Gasteiger charge is -2.50. The monoisotopic (exact) mass is 260 g/mol. The summed E-state index contributed by atoms with van der Waals surface area (Å²) in [7, 11) is 0. The third-order valence-electron chi connectivity index (χ3n) is 6.65. The molecule has 0 aromatic rings. The zero-order chi connectivity index (χ0) is 13.0. The molecule has 0 spiro atoms. The summed E-state index contributed by atoms with van der Waals surface area (Å²) in [6.07, 6.45) is 10.1. The number of cyclic esters (lactones) is 1. The van der Waals surface area contributed by atoms with E-state index in [2.05, 4.69) is 6.92 Å². The molecule has 0 bridgehead atoms. The molecular formula is C17H24O2. The molecule has 104 valence electrons. The third kappa shape index (κ3) is 1.71. The van der Waals surface area contributed by atoms with E-state index in [-0.39, 0.29) is 5.97 Å². The summed E-state index contributed by atoms with van der Waals surface area (Å²) in [6.45, 7) is 3.14. The topological polar surface area (TPSA) is 26.3 Å². The van der Waals surface area contributed by atoms with Crippen molar-refractivity contribution in [3.8, 4) is 0 Å². The Morgan fingerprint density at radius 2 is 2.11 bits per heavy atom. The lowest BCUT2D eigenvalue weighted by atomic mass is 9.55. The minimum atomic E-state index is -0.00119. The second kappa shape index (κ2) is 4.10. The van der Waals surface area contributed by atoms with E-state index < -0.39 is 0 Å². The molecule has 0 saturated heterocycles. The number of carbonyl (C=O) groups excluding carboxylic acids is 1. The largest absolute Gasteiger partial charge is 0.461 e. The number of carbonyl (C=O) groups is 1. The van der Waals surface area contributed by atoms with Gasteiger partial charge in [-0.3, -0.25) is 4.79 Å². The van der Waals surface area contributed by atoms with Gasteiger partial charge in [0.25, 0.3) is 0 Å². The Labute approximate surface area is 115 Å². The van der Waals surface area contributed by atoms with Gasteiger partial charge in [0, 0.05) is 0 Å². The lowest BCUT2D eigenvalue weighted by Crippen LogP contribution is -2.42. The Bertz CT molecular complexity index is 450. The third-order valence-corrected chi connectivity index (χ3v) is 6.65. The van der Waals surface area contributed by atoms with E-state index in [1.165, 1.54) is 49.7 Å². The maximum atomic E-state index is 11.5. The van der Waals surface area contributed by atoms with Crippen LogP contribution in [0.5, 0.6) is 0 Å². The van der Waals surface area contributed by atoms with Gasteiger partial charge >= 0.3 is 5.97 Å². The normalized spacial score (nSPS) is 45.3. The second-order valence-electron chi connectivity index (χ2n) is 7.47. The number of fused-ring (bicyclic) bond motifs is 4. The van der Waals surface area contributed by atoms with Crippen LogP contribution in [-0.4, -0.2) is 12.6 Å². The van der Waals surface area contributed by atoms with E-state index in [1.807, 2.05) is 0 Å². The van der Waals surface area contributed by atoms with Crippen LogP contribution >= 0.6 is 0 Å². The average Bonchev–Trinajstić information content (AvgIpc) is 2.79. The minimum Gasteiger partial charge on any atom is -0.461 e. The molecule has 2 heteroatoms. The van der Waals surface area contributed by atoms with Gasteiger partial charge in [-0.05, 0) is 67.3 Å². The van der Waals surface area contributed by atoms with Gasteiger partial charge in [0.15, 0.2) is 0 Å². The highest BCUT2D eigenvalue weighted by atomic mass is 16.5. The first-order valence-corrected chi connectivity index (χ1v) is 8.04. The molecule has 0 radical (unpaired) electrons. The Morgan fingerprint density at radius 1 is 1.21 bits per heavy atom. The maximum absolute atomic E-state index is 11.5. The highest BCUT2D eigenvalue weighted by Gasteiger charge is 2.51. The van der Waals surface area contributed by atoms with Crippen molar-refractivity contribution >= 4 is 5.97 Å². The quantitative estimate of drug-likeness (QED) is 0.488. The molecule has 0 aromatic carbocycles. The Morgan fingerprint density at radius 3 is 3.00 bits per heavy atom. The van der Waals surface area contributed by atoms with E-state index in [0.29, 0.717) is 18.4 Å². The van der Waals surface area contributed by atoms with Crippen molar-refractivity contribution in [2.75, 3.05) is 6.61 Å². The predicted molar refractivity (Wildman–Crippen MR) is 73.5 cm³/mol. The van der Waals surface area contributed by atoms with Crippen molar-refractivity contribution < 1.29 is 9.53 Å². The first-order chi connectivity index (χ1) is 9.17. The van der Waals surface area contributed by atoms with Crippen molar-refractivity contribution in [3.63, 3.8) is 0 Å². The second-order valence-corrected chi connectivity index (χ2v) is 7.47. The van der Waals surface area contributed by atoms with Crippen LogP contribution in [0.25, 0.3) is 0 Å². The molecule has 0 aromatic heterocycles. The first-order valence-electron chi connectivity index (χ1n) is 8.04. The van der Waals surface area contributed by atoms with Crippen molar-refractivity contribution in [1.29, 1.82) is 0 Å². The van der Waals surface area contributed by atoms with E-state index >= 15 is 0 Å². The Balaban J connectivity index is 1.65. The minimum absolute atomic E-state index is 0.00119. The molecule has 2 fully saturated rings. The van der Waals surface area contributed by atoms with E-state index in [4.69, 9.17) is 4.74 Å². The number of rotatable bonds is 0. The van der Waals surface area contributed by atoms with Crippen molar-refractivity contribution in [1.82, 2.24) is 0 Å². The van der Waals surface area contributed by atoms with Gasteiger partial charge in [0.05, 0.1) is 6.42 Å². The average molecular weight is 260 g/mol. The molecule has 1 aliphatic heterocycles. The predicted octanol–water partition coefficient (Wildman–Crippen LogP) is 3.86. The number of ether oxygens (including phenoxy) is 1. The van der Waals surface area contributed by atoms with Crippen LogP contribution in [0.1, 0.15) is 58.3 Å². The molecule has 0 N–H and O–H groups in total. The van der Waals surface area contributed by atoms with Crippen LogP contribution in [-0.2, 0) is 9.53 Å². The van der Waals surface area contributed by atoms with Gasteiger partial charge in [-0.2, -0.15) is 0 Å². The SMILES string of the molecule is C[C@@]12CCC[C@H]1[C@@H]1CCC3=C(COC(=O)C3)[C@H]1CC2. The first kappa shape index (κ1) is 12.0. The molecule has 2 saturated carbocycles. The molecular weight excluding hydrogens is 236 g/mol. The van der Waals surface area contributed by atoms with E-state index in [0.717, 1.165) is 24.2 Å². The van der Waals surface area contributed by atoms with Crippen LogP contribution in [0.15, 0.2) is 11.1 Å². The summed E-state index contributed by atoms with van der Waals surface area (Å²) < 4.78 is 5.34. The van der Waals surface area contributed by atoms with Gasteiger partial charge in [-0.25, -0.2) is 0 Å². The summed E-state index contributed by atoms with van der Waals surface area (Å²) in [5.41, 5.74) is 3.61. The molecule has 3 aliphatic carbocycles. The fourth-order valence-corrected chi connectivity index (χ4v) is 5.67. The summed E-state index contributed by atoms with van der Waals surface area (Å²) in [4.78, 5) is 11.5. The zero-order valence-corrected chi connectivity index (χ0v) is 11.9. The molecule has 0 unspecified atom stereocenters. The zero-order valence-electron chi connectivity index (χ0n) is 11.9. The smallest absolute Gasteiger partial charge is 0.310 e. The molecule has 4 rings (SSSR count). The van der Waals surface area contributed by atoms with E-state index in [9.17, 15) is 4.79 Å². The number of hydrogen-bond acceptors (Lipinski definition) is 2. The maximum Gasteiger partial charge on any atom is 0.310 e. The highest BCUT2D eigenvalue weighted by Crippen LogP contribution is 2.60. The van der Waals surface area contributed by atoms with Crippen LogP contribution in [0.3, 0.4) is 0 Å². The Kier molecular flexibility index (Phi) is 2.59. The summed E-state index contributed by atoms with van der Waals surface area (Å²) in [6, 6.07) is 0.